The molecule has 0 aromatic heterocycles. The summed E-state index contributed by atoms with van der Waals surface area (Å²) in [7, 11) is -1.15. The summed E-state index contributed by atoms with van der Waals surface area (Å²) in [6.45, 7) is 11.8. The van der Waals surface area contributed by atoms with E-state index in [9.17, 15) is 0 Å². The summed E-state index contributed by atoms with van der Waals surface area (Å²) >= 11 is 0. The number of hydrazine groups is 1. The van der Waals surface area contributed by atoms with E-state index in [1.54, 1.807) is 0 Å². The first-order valence-electron chi connectivity index (χ1n) is 5.46. The van der Waals surface area contributed by atoms with Crippen LogP contribution in [0.5, 0.6) is 0 Å². The Kier molecular flexibility index (Phi) is 3.55. The van der Waals surface area contributed by atoms with Crippen molar-refractivity contribution in [1.29, 1.82) is 0 Å². The van der Waals surface area contributed by atoms with Gasteiger partial charge in [0, 0.05) is 12.1 Å². The molecular formula is C10H24N2Si. The lowest BCUT2D eigenvalue weighted by molar-refractivity contribution is 0.0752. The first kappa shape index (κ1) is 11.2. The van der Waals surface area contributed by atoms with E-state index in [-0.39, 0.29) is 0 Å². The van der Waals surface area contributed by atoms with Gasteiger partial charge in [-0.15, -0.1) is 0 Å². The largest absolute Gasteiger partial charge is 0.276 e. The van der Waals surface area contributed by atoms with Crippen LogP contribution in [0.1, 0.15) is 33.1 Å². The molecule has 13 heavy (non-hydrogen) atoms. The monoisotopic (exact) mass is 200 g/mol. The molecule has 1 heterocycles. The molecule has 1 aliphatic heterocycles. The van der Waals surface area contributed by atoms with Gasteiger partial charge in [0.05, 0.1) is 0 Å². The normalized spacial score (nSPS) is 32.1. The summed E-state index contributed by atoms with van der Waals surface area (Å²) in [5.74, 6) is 0. The molecule has 0 saturated carbocycles. The summed E-state index contributed by atoms with van der Waals surface area (Å²) in [6, 6.07) is 1.44. The zero-order valence-electron chi connectivity index (χ0n) is 9.72. The molecule has 1 saturated heterocycles. The molecule has 78 valence electrons. The van der Waals surface area contributed by atoms with Crippen molar-refractivity contribution in [3.8, 4) is 0 Å². The Morgan fingerprint density at radius 2 is 1.54 bits per heavy atom. The second-order valence-corrected chi connectivity index (χ2v) is 10.1. The van der Waals surface area contributed by atoms with Crippen molar-refractivity contribution in [1.82, 2.24) is 10.1 Å². The molecule has 0 radical (unpaired) electrons. The lowest BCUT2D eigenvalue weighted by Crippen LogP contribution is -2.60. The van der Waals surface area contributed by atoms with E-state index in [0.717, 1.165) is 12.1 Å². The van der Waals surface area contributed by atoms with Crippen molar-refractivity contribution in [3.05, 3.63) is 0 Å². The molecule has 0 amide bonds. The number of nitrogens with zero attached hydrogens (tertiary/aromatic N) is 1. The lowest BCUT2D eigenvalue weighted by Gasteiger charge is -2.42. The summed E-state index contributed by atoms with van der Waals surface area (Å²) in [4.78, 5) is 0. The van der Waals surface area contributed by atoms with Gasteiger partial charge >= 0.3 is 0 Å². The van der Waals surface area contributed by atoms with E-state index in [1.165, 1.54) is 19.3 Å². The SMILES string of the molecule is CC1CCCC(C)N1N[Si](C)(C)C. The number of hydrogen-bond donors (Lipinski definition) is 1. The molecule has 2 nitrogen and oxygen atoms in total. The molecule has 0 aliphatic carbocycles. The van der Waals surface area contributed by atoms with Crippen LogP contribution >= 0.6 is 0 Å². The fraction of sp³-hybridized carbons (Fsp3) is 1.00. The van der Waals surface area contributed by atoms with Crippen molar-refractivity contribution < 1.29 is 0 Å². The Balaban J connectivity index is 2.54. The van der Waals surface area contributed by atoms with Crippen molar-refractivity contribution in [2.75, 3.05) is 0 Å². The number of rotatable bonds is 2. The van der Waals surface area contributed by atoms with Crippen LogP contribution in [-0.4, -0.2) is 25.3 Å². The molecule has 2 atom stereocenters. The maximum Gasteiger partial charge on any atom is 0.132 e. The minimum absolute atomic E-state index is 0.718. The van der Waals surface area contributed by atoms with Gasteiger partial charge in [-0.2, -0.15) is 0 Å². The lowest BCUT2D eigenvalue weighted by atomic mass is 10.0. The molecular weight excluding hydrogens is 176 g/mol. The molecule has 1 aliphatic rings. The predicted molar refractivity (Wildman–Crippen MR) is 61.1 cm³/mol. The molecule has 0 spiro atoms. The average Bonchev–Trinajstić information content (AvgIpc) is 1.95. The van der Waals surface area contributed by atoms with Gasteiger partial charge in [-0.3, -0.25) is 5.09 Å². The quantitative estimate of drug-likeness (QED) is 0.689. The van der Waals surface area contributed by atoms with Crippen molar-refractivity contribution in [2.45, 2.75) is 64.8 Å². The van der Waals surface area contributed by atoms with E-state index in [1.807, 2.05) is 0 Å². The summed E-state index contributed by atoms with van der Waals surface area (Å²) in [5, 5.41) is 6.23. The Hall–Kier alpha value is 0.137. The summed E-state index contributed by atoms with van der Waals surface area (Å²) in [5.41, 5.74) is 0. The van der Waals surface area contributed by atoms with Crippen LogP contribution in [0.15, 0.2) is 0 Å². The first-order valence-corrected chi connectivity index (χ1v) is 8.96. The molecule has 1 N–H and O–H groups in total. The van der Waals surface area contributed by atoms with Gasteiger partial charge < -0.3 is 0 Å². The van der Waals surface area contributed by atoms with Crippen LogP contribution in [-0.2, 0) is 0 Å². The fourth-order valence-corrected chi connectivity index (χ4v) is 3.24. The van der Waals surface area contributed by atoms with Crippen LogP contribution in [0, 0.1) is 0 Å². The second-order valence-electron chi connectivity index (χ2n) is 5.40. The van der Waals surface area contributed by atoms with Crippen molar-refractivity contribution in [2.24, 2.45) is 0 Å². The maximum absolute atomic E-state index is 3.73. The van der Waals surface area contributed by atoms with Gasteiger partial charge in [-0.25, -0.2) is 5.01 Å². The smallest absolute Gasteiger partial charge is 0.132 e. The number of nitrogens with one attached hydrogen (secondary N) is 1. The Bertz CT molecular complexity index is 155. The number of hydrogen-bond acceptors (Lipinski definition) is 2. The third-order valence-electron chi connectivity index (χ3n) is 2.66. The second kappa shape index (κ2) is 4.11. The summed E-state index contributed by atoms with van der Waals surface area (Å²) in [6.07, 6.45) is 4.09. The van der Waals surface area contributed by atoms with E-state index < -0.39 is 8.24 Å². The fourth-order valence-electron chi connectivity index (χ4n) is 2.03. The highest BCUT2D eigenvalue weighted by Gasteiger charge is 2.28. The van der Waals surface area contributed by atoms with Crippen LogP contribution in [0.4, 0.5) is 0 Å². The van der Waals surface area contributed by atoms with Crippen molar-refractivity contribution in [3.63, 3.8) is 0 Å². The minimum Gasteiger partial charge on any atom is -0.276 e. The van der Waals surface area contributed by atoms with E-state index >= 15 is 0 Å². The predicted octanol–water partition coefficient (Wildman–Crippen LogP) is 2.59. The van der Waals surface area contributed by atoms with Crippen LogP contribution in [0.25, 0.3) is 0 Å². The van der Waals surface area contributed by atoms with Gasteiger partial charge in [0.2, 0.25) is 0 Å². The molecule has 2 unspecified atom stereocenters. The average molecular weight is 200 g/mol. The minimum atomic E-state index is -1.15. The first-order chi connectivity index (χ1) is 5.90. The molecule has 1 fully saturated rings. The third kappa shape index (κ3) is 3.41. The van der Waals surface area contributed by atoms with E-state index in [4.69, 9.17) is 0 Å². The molecule has 3 heteroatoms. The third-order valence-corrected chi connectivity index (χ3v) is 3.59. The van der Waals surface area contributed by atoms with Crippen LogP contribution in [0.2, 0.25) is 19.6 Å². The highest BCUT2D eigenvalue weighted by atomic mass is 28.3. The van der Waals surface area contributed by atoms with Gasteiger partial charge in [0.1, 0.15) is 8.24 Å². The molecule has 0 aromatic carbocycles. The Morgan fingerprint density at radius 1 is 1.08 bits per heavy atom. The number of piperidine rings is 1. The van der Waals surface area contributed by atoms with Crippen LogP contribution in [0.3, 0.4) is 0 Å². The zero-order valence-corrected chi connectivity index (χ0v) is 10.7. The van der Waals surface area contributed by atoms with Gasteiger partial charge in [-0.05, 0) is 26.7 Å². The van der Waals surface area contributed by atoms with Gasteiger partial charge in [-0.1, -0.05) is 26.1 Å². The highest BCUT2D eigenvalue weighted by Crippen LogP contribution is 2.21. The van der Waals surface area contributed by atoms with E-state index in [2.05, 4.69) is 43.6 Å². The standard InChI is InChI=1S/C10H24N2Si/c1-9-7-6-8-10(2)12(9)11-13(3,4)5/h9-11H,6-8H2,1-5H3. The Morgan fingerprint density at radius 3 is 1.92 bits per heavy atom. The van der Waals surface area contributed by atoms with Gasteiger partial charge in [0.15, 0.2) is 0 Å². The topological polar surface area (TPSA) is 15.3 Å². The summed E-state index contributed by atoms with van der Waals surface area (Å²) < 4.78 is 0. The van der Waals surface area contributed by atoms with Crippen LogP contribution < -0.4 is 5.09 Å². The zero-order chi connectivity index (χ0) is 10.1. The highest BCUT2D eigenvalue weighted by molar-refractivity contribution is 6.73. The van der Waals surface area contributed by atoms with Crippen molar-refractivity contribution >= 4 is 8.24 Å². The molecule has 1 rings (SSSR count). The Labute approximate surface area is 83.8 Å². The molecule has 0 bridgehead atoms. The van der Waals surface area contributed by atoms with Gasteiger partial charge in [0.25, 0.3) is 0 Å². The molecule has 0 aromatic rings. The maximum atomic E-state index is 3.73. The van der Waals surface area contributed by atoms with E-state index in [0.29, 0.717) is 0 Å².